The minimum Gasteiger partial charge on any atom is -0.378 e. The van der Waals surface area contributed by atoms with Gasteiger partial charge in [-0.05, 0) is 42.0 Å². The average molecular weight is 356 g/mol. The Bertz CT molecular complexity index is 567. The van der Waals surface area contributed by atoms with Crippen LogP contribution in [0.1, 0.15) is 5.56 Å². The molecule has 0 aromatic heterocycles. The molecule has 0 bridgehead atoms. The fourth-order valence-corrected chi connectivity index (χ4v) is 2.48. The van der Waals surface area contributed by atoms with E-state index in [2.05, 4.69) is 33.1 Å². The number of nitrogens with zero attached hydrogens (tertiary/aromatic N) is 1. The van der Waals surface area contributed by atoms with E-state index in [0.717, 1.165) is 15.9 Å². The van der Waals surface area contributed by atoms with Gasteiger partial charge in [-0.25, -0.2) is 4.99 Å². The van der Waals surface area contributed by atoms with Gasteiger partial charge in [-0.1, -0.05) is 51.4 Å². The van der Waals surface area contributed by atoms with Crippen molar-refractivity contribution in [3.63, 3.8) is 0 Å². The van der Waals surface area contributed by atoms with Crippen LogP contribution >= 0.6 is 39.3 Å². The fraction of sp³-hybridized carbons (Fsp3) is 0.0714. The predicted octanol–water partition coefficient (Wildman–Crippen LogP) is 4.98. The molecule has 2 aromatic rings. The van der Waals surface area contributed by atoms with Crippen molar-refractivity contribution in [2.45, 2.75) is 5.75 Å². The Morgan fingerprint density at radius 3 is 2.37 bits per heavy atom. The molecule has 0 unspecified atom stereocenters. The van der Waals surface area contributed by atoms with Crippen LogP contribution in [0.3, 0.4) is 0 Å². The Morgan fingerprint density at radius 2 is 1.74 bits per heavy atom. The molecule has 5 heteroatoms. The van der Waals surface area contributed by atoms with Crippen LogP contribution in [0.25, 0.3) is 0 Å². The van der Waals surface area contributed by atoms with Gasteiger partial charge in [0.15, 0.2) is 5.17 Å². The summed E-state index contributed by atoms with van der Waals surface area (Å²) in [5, 5.41) is 1.24. The van der Waals surface area contributed by atoms with Gasteiger partial charge in [-0.2, -0.15) is 0 Å². The van der Waals surface area contributed by atoms with Gasteiger partial charge in [-0.15, -0.1) is 0 Å². The summed E-state index contributed by atoms with van der Waals surface area (Å²) in [6.07, 6.45) is 0. The third kappa shape index (κ3) is 4.90. The van der Waals surface area contributed by atoms with E-state index < -0.39 is 0 Å². The van der Waals surface area contributed by atoms with Crippen LogP contribution in [-0.2, 0) is 5.75 Å². The van der Waals surface area contributed by atoms with Gasteiger partial charge in [0.2, 0.25) is 0 Å². The molecule has 0 saturated heterocycles. The molecule has 0 aliphatic rings. The molecule has 19 heavy (non-hydrogen) atoms. The number of benzene rings is 2. The van der Waals surface area contributed by atoms with Crippen molar-refractivity contribution in [1.29, 1.82) is 0 Å². The maximum atomic E-state index is 5.89. The lowest BCUT2D eigenvalue weighted by Gasteiger charge is -2.02. The highest BCUT2D eigenvalue weighted by atomic mass is 79.9. The van der Waals surface area contributed by atoms with Crippen LogP contribution in [0, 0.1) is 0 Å². The largest absolute Gasteiger partial charge is 0.378 e. The number of amidine groups is 1. The van der Waals surface area contributed by atoms with E-state index in [4.69, 9.17) is 17.3 Å². The second-order valence-corrected chi connectivity index (χ2v) is 6.19. The third-order valence-corrected chi connectivity index (χ3v) is 4.01. The number of nitrogens with two attached hydrogens (primary N) is 1. The maximum absolute atomic E-state index is 5.89. The van der Waals surface area contributed by atoms with Gasteiger partial charge in [0.05, 0.1) is 5.69 Å². The zero-order valence-corrected chi connectivity index (χ0v) is 13.2. The number of hydrogen-bond donors (Lipinski definition) is 1. The highest BCUT2D eigenvalue weighted by Gasteiger charge is 1.98. The van der Waals surface area contributed by atoms with Crippen LogP contribution in [0.5, 0.6) is 0 Å². The van der Waals surface area contributed by atoms with Crippen LogP contribution < -0.4 is 5.73 Å². The summed E-state index contributed by atoms with van der Waals surface area (Å²) in [5.41, 5.74) is 7.91. The molecule has 2 N–H and O–H groups in total. The van der Waals surface area contributed by atoms with Gasteiger partial charge in [-0.3, -0.25) is 0 Å². The van der Waals surface area contributed by atoms with Crippen LogP contribution in [0.2, 0.25) is 5.02 Å². The number of aliphatic imine (C=N–C) groups is 1. The SMILES string of the molecule is NC(=Nc1ccc(Cl)cc1)SCc1ccc(Br)cc1. The van der Waals surface area contributed by atoms with Gasteiger partial charge in [0, 0.05) is 15.2 Å². The van der Waals surface area contributed by atoms with Crippen molar-refractivity contribution < 1.29 is 0 Å². The normalized spacial score (nSPS) is 11.6. The number of rotatable bonds is 3. The molecular weight excluding hydrogens is 344 g/mol. The van der Waals surface area contributed by atoms with E-state index in [-0.39, 0.29) is 0 Å². The molecule has 0 spiro atoms. The molecule has 2 rings (SSSR count). The van der Waals surface area contributed by atoms with Crippen LogP contribution in [0.15, 0.2) is 58.0 Å². The summed E-state index contributed by atoms with van der Waals surface area (Å²) in [6.45, 7) is 0. The quantitative estimate of drug-likeness (QED) is 0.622. The van der Waals surface area contributed by atoms with E-state index in [9.17, 15) is 0 Å². The Hall–Kier alpha value is -0.970. The van der Waals surface area contributed by atoms with Crippen molar-refractivity contribution in [2.24, 2.45) is 10.7 Å². The lowest BCUT2D eigenvalue weighted by atomic mass is 10.2. The fourth-order valence-electron chi connectivity index (χ4n) is 1.41. The van der Waals surface area contributed by atoms with Crippen molar-refractivity contribution in [2.75, 3.05) is 0 Å². The molecule has 0 fully saturated rings. The lowest BCUT2D eigenvalue weighted by Crippen LogP contribution is -2.06. The van der Waals surface area contributed by atoms with E-state index >= 15 is 0 Å². The molecule has 0 saturated carbocycles. The Labute approximate surface area is 130 Å². The first kappa shape index (κ1) is 14.4. The second kappa shape index (κ2) is 6.98. The molecule has 98 valence electrons. The Kier molecular flexibility index (Phi) is 5.31. The minimum atomic E-state index is 0.547. The molecule has 0 aliphatic carbocycles. The van der Waals surface area contributed by atoms with Crippen molar-refractivity contribution in [1.82, 2.24) is 0 Å². The van der Waals surface area contributed by atoms with E-state index in [1.165, 1.54) is 17.3 Å². The first-order valence-corrected chi connectivity index (χ1v) is 7.76. The highest BCUT2D eigenvalue weighted by Crippen LogP contribution is 2.20. The number of halogens is 2. The monoisotopic (exact) mass is 354 g/mol. The molecule has 0 radical (unpaired) electrons. The Balaban J connectivity index is 1.95. The van der Waals surface area contributed by atoms with Gasteiger partial charge in [0.1, 0.15) is 0 Å². The number of hydrogen-bond acceptors (Lipinski definition) is 2. The van der Waals surface area contributed by atoms with Crippen molar-refractivity contribution >= 4 is 50.1 Å². The standard InChI is InChI=1S/C14H12BrClN2S/c15-11-3-1-10(2-4-11)9-19-14(17)18-13-7-5-12(16)6-8-13/h1-8H,9H2,(H2,17,18). The van der Waals surface area contributed by atoms with Crippen molar-refractivity contribution in [3.05, 3.63) is 63.6 Å². The molecule has 0 aliphatic heterocycles. The van der Waals surface area contributed by atoms with E-state index in [0.29, 0.717) is 10.2 Å². The second-order valence-electron chi connectivity index (χ2n) is 3.84. The number of thioether (sulfide) groups is 1. The predicted molar refractivity (Wildman–Crippen MR) is 88.2 cm³/mol. The van der Waals surface area contributed by atoms with E-state index in [1.807, 2.05) is 24.3 Å². The molecule has 0 atom stereocenters. The summed E-state index contributed by atoms with van der Waals surface area (Å²) in [4.78, 5) is 4.32. The molecule has 2 nitrogen and oxygen atoms in total. The lowest BCUT2D eigenvalue weighted by molar-refractivity contribution is 1.41. The van der Waals surface area contributed by atoms with Gasteiger partial charge >= 0.3 is 0 Å². The van der Waals surface area contributed by atoms with Gasteiger partial charge < -0.3 is 5.73 Å². The summed E-state index contributed by atoms with van der Waals surface area (Å²) in [6, 6.07) is 15.4. The zero-order chi connectivity index (χ0) is 13.7. The first-order chi connectivity index (χ1) is 9.13. The maximum Gasteiger partial charge on any atom is 0.159 e. The zero-order valence-electron chi connectivity index (χ0n) is 10.0. The first-order valence-electron chi connectivity index (χ1n) is 5.60. The molecule has 0 heterocycles. The minimum absolute atomic E-state index is 0.547. The van der Waals surface area contributed by atoms with Gasteiger partial charge in [0.25, 0.3) is 0 Å². The average Bonchev–Trinajstić information content (AvgIpc) is 2.41. The molecule has 2 aromatic carbocycles. The highest BCUT2D eigenvalue weighted by molar-refractivity contribution is 9.10. The summed E-state index contributed by atoms with van der Waals surface area (Å²) < 4.78 is 1.07. The summed E-state index contributed by atoms with van der Waals surface area (Å²) >= 11 is 10.7. The van der Waals surface area contributed by atoms with Crippen LogP contribution in [0.4, 0.5) is 5.69 Å². The molecular formula is C14H12BrClN2S. The topological polar surface area (TPSA) is 38.4 Å². The third-order valence-electron chi connectivity index (χ3n) is 2.37. The Morgan fingerprint density at radius 1 is 1.11 bits per heavy atom. The summed E-state index contributed by atoms with van der Waals surface area (Å²) in [5.74, 6) is 0.802. The summed E-state index contributed by atoms with van der Waals surface area (Å²) in [7, 11) is 0. The smallest absolute Gasteiger partial charge is 0.159 e. The van der Waals surface area contributed by atoms with Crippen LogP contribution in [-0.4, -0.2) is 5.17 Å². The van der Waals surface area contributed by atoms with Crippen molar-refractivity contribution in [3.8, 4) is 0 Å². The molecule has 0 amide bonds. The van der Waals surface area contributed by atoms with E-state index in [1.54, 1.807) is 12.1 Å².